The van der Waals surface area contributed by atoms with Gasteiger partial charge in [0.05, 0.1) is 22.8 Å². The summed E-state index contributed by atoms with van der Waals surface area (Å²) in [5, 5.41) is 0. The lowest BCUT2D eigenvalue weighted by Crippen LogP contribution is -2.27. The lowest BCUT2D eigenvalue weighted by atomic mass is 9.60. The Kier molecular flexibility index (Phi) is 11.1. The second kappa shape index (κ2) is 19.1. The third-order valence-electron chi connectivity index (χ3n) is 19.3. The Morgan fingerprint density at radius 3 is 0.965 bits per heavy atom. The molecule has 4 heteroatoms. The van der Waals surface area contributed by atoms with Gasteiger partial charge < -0.3 is 0 Å². The number of benzene rings is 11. The molecule has 0 radical (unpaired) electrons. The molecule has 0 saturated carbocycles. The van der Waals surface area contributed by atoms with E-state index in [4.69, 9.17) is 19.9 Å². The topological polar surface area (TPSA) is 51.6 Å². The summed E-state index contributed by atoms with van der Waals surface area (Å²) in [6.45, 7) is 9.37. The van der Waals surface area contributed by atoms with Crippen molar-refractivity contribution in [2.75, 3.05) is 0 Å². The number of aromatic nitrogens is 4. The highest BCUT2D eigenvalue weighted by atomic mass is 14.9. The van der Waals surface area contributed by atoms with Gasteiger partial charge in [0, 0.05) is 56.0 Å². The van der Waals surface area contributed by atoms with Gasteiger partial charge in [-0.2, -0.15) is 0 Å². The van der Waals surface area contributed by atoms with Crippen LogP contribution < -0.4 is 0 Å². The van der Waals surface area contributed by atoms with Crippen molar-refractivity contribution in [2.24, 2.45) is 0 Å². The average Bonchev–Trinajstić information content (AvgIpc) is 1.06. The largest absolute Gasteiger partial charge is 0.228 e. The molecule has 2 aromatic heterocycles. The molecule has 0 aliphatic heterocycles. The van der Waals surface area contributed by atoms with Crippen molar-refractivity contribution < 1.29 is 0 Å². The Bertz CT molecular complexity index is 4610. The van der Waals surface area contributed by atoms with E-state index in [0.717, 1.165) is 56.2 Å². The van der Waals surface area contributed by atoms with E-state index in [1.54, 1.807) is 0 Å². The van der Waals surface area contributed by atoms with Crippen LogP contribution in [-0.4, -0.2) is 19.9 Å². The minimum atomic E-state index is -0.0657. The summed E-state index contributed by atoms with van der Waals surface area (Å²) in [7, 11) is 0. The number of fused-ring (bicyclic) bond motifs is 6. The lowest BCUT2D eigenvalue weighted by molar-refractivity contribution is 0.660. The van der Waals surface area contributed by atoms with Crippen LogP contribution in [0.4, 0.5) is 0 Å². The summed E-state index contributed by atoms with van der Waals surface area (Å²) >= 11 is 0. The van der Waals surface area contributed by atoms with Gasteiger partial charge >= 0.3 is 0 Å². The zero-order valence-electron chi connectivity index (χ0n) is 48.3. The quantitative estimate of drug-likeness (QED) is 0.152. The molecule has 13 aromatic rings. The molecule has 2 unspecified atom stereocenters. The van der Waals surface area contributed by atoms with Crippen LogP contribution in [0.5, 0.6) is 0 Å². The first kappa shape index (κ1) is 50.1. The first-order valence-electron chi connectivity index (χ1n) is 30.1. The molecule has 0 fully saturated rings. The van der Waals surface area contributed by atoms with Crippen molar-refractivity contribution in [3.8, 4) is 112 Å². The maximum atomic E-state index is 5.36. The molecule has 0 saturated heterocycles. The molecule has 0 spiro atoms. The minimum absolute atomic E-state index is 0.0411. The van der Waals surface area contributed by atoms with Gasteiger partial charge in [-0.15, -0.1) is 0 Å². The number of hydrogen-bond donors (Lipinski definition) is 0. The smallest absolute Gasteiger partial charge is 0.160 e. The van der Waals surface area contributed by atoms with Gasteiger partial charge in [-0.3, -0.25) is 0 Å². The van der Waals surface area contributed by atoms with E-state index >= 15 is 0 Å². The Labute approximate surface area is 502 Å². The van der Waals surface area contributed by atoms with E-state index in [1.165, 1.54) is 100 Å². The maximum absolute atomic E-state index is 5.36. The molecule has 2 bridgehead atoms. The van der Waals surface area contributed by atoms with Gasteiger partial charge in [-0.05, 0) is 124 Å². The summed E-state index contributed by atoms with van der Waals surface area (Å²) in [6, 6.07) is 97.6. The fourth-order valence-electron chi connectivity index (χ4n) is 15.1. The minimum Gasteiger partial charge on any atom is -0.228 e. The second-order valence-electron chi connectivity index (χ2n) is 24.8. The van der Waals surface area contributed by atoms with Crippen LogP contribution in [0.25, 0.3) is 112 Å². The summed E-state index contributed by atoms with van der Waals surface area (Å²) < 4.78 is 0. The number of hydrogen-bond acceptors (Lipinski definition) is 4. The second-order valence-corrected chi connectivity index (χ2v) is 24.8. The average molecular weight is 1100 g/mol. The number of rotatable bonds is 8. The van der Waals surface area contributed by atoms with Crippen LogP contribution >= 0.6 is 0 Å². The summed E-state index contributed by atoms with van der Waals surface area (Å²) in [4.78, 5) is 21.3. The fourth-order valence-corrected chi connectivity index (χ4v) is 15.1. The van der Waals surface area contributed by atoms with Crippen molar-refractivity contribution in [1.29, 1.82) is 0 Å². The van der Waals surface area contributed by atoms with Gasteiger partial charge in [-0.1, -0.05) is 270 Å². The first-order chi connectivity index (χ1) is 42.1. The van der Waals surface area contributed by atoms with E-state index in [2.05, 4.69) is 282 Å². The van der Waals surface area contributed by atoms with Crippen molar-refractivity contribution in [3.63, 3.8) is 0 Å². The molecule has 0 N–H and O–H groups in total. The zero-order chi connectivity index (χ0) is 57.4. The van der Waals surface area contributed by atoms with E-state index in [1.807, 2.05) is 12.1 Å². The first-order valence-corrected chi connectivity index (χ1v) is 30.1. The highest BCUT2D eigenvalue weighted by Gasteiger charge is 2.42. The molecule has 4 nitrogen and oxygen atoms in total. The van der Waals surface area contributed by atoms with Gasteiger partial charge in [0.2, 0.25) is 0 Å². The number of nitrogens with zero attached hydrogens (tertiary/aromatic N) is 4. The van der Waals surface area contributed by atoms with Crippen molar-refractivity contribution in [2.45, 2.75) is 50.4 Å². The summed E-state index contributed by atoms with van der Waals surface area (Å²) in [5.41, 5.74) is 33.4. The molecule has 406 valence electrons. The van der Waals surface area contributed by atoms with Gasteiger partial charge in [-0.25, -0.2) is 19.9 Å². The molecular formula is C82H58N4. The molecular weight excluding hydrogens is 1040 g/mol. The van der Waals surface area contributed by atoms with E-state index in [9.17, 15) is 0 Å². The van der Waals surface area contributed by atoms with Crippen molar-refractivity contribution in [1.82, 2.24) is 19.9 Å². The van der Waals surface area contributed by atoms with Gasteiger partial charge in [0.25, 0.3) is 0 Å². The van der Waals surface area contributed by atoms with E-state index in [-0.39, 0.29) is 22.7 Å². The predicted octanol–water partition coefficient (Wildman–Crippen LogP) is 20.2. The Morgan fingerprint density at radius 2 is 0.547 bits per heavy atom. The maximum Gasteiger partial charge on any atom is 0.160 e. The highest BCUT2D eigenvalue weighted by Crippen LogP contribution is 2.58. The van der Waals surface area contributed by atoms with Crippen LogP contribution in [0.2, 0.25) is 0 Å². The van der Waals surface area contributed by atoms with Gasteiger partial charge in [0.15, 0.2) is 11.6 Å². The Balaban J connectivity index is 0.735. The van der Waals surface area contributed by atoms with Crippen LogP contribution in [0.1, 0.15) is 95.2 Å². The van der Waals surface area contributed by atoms with Crippen LogP contribution in [0.3, 0.4) is 0 Å². The molecule has 18 rings (SSSR count). The normalized spacial score (nSPS) is 15.6. The molecule has 5 aliphatic rings. The highest BCUT2D eigenvalue weighted by molar-refractivity contribution is 5.94. The fraction of sp³-hybridized carbons (Fsp3) is 0.0976. The van der Waals surface area contributed by atoms with E-state index < -0.39 is 0 Å². The predicted molar refractivity (Wildman–Crippen MR) is 351 cm³/mol. The third-order valence-corrected chi connectivity index (χ3v) is 19.3. The van der Waals surface area contributed by atoms with Crippen LogP contribution in [0.15, 0.2) is 267 Å². The van der Waals surface area contributed by atoms with Crippen molar-refractivity contribution in [3.05, 3.63) is 323 Å². The van der Waals surface area contributed by atoms with Crippen LogP contribution in [0, 0.1) is 0 Å². The SMILES string of the molecule is CC1(C)c2ccccc2-c2c(-c3ccc(-c4cc(-c5ccc6c(c5)C5c7ccccc7C6c6cc(-c7cc(-c8ccc(-c9cccc%10c9-c9ccccc9C%10(C)C)cc8)nc(-c8ccccc8)n7)ccc65)nc(-c5ccccc5)n4)cc3)cccc21. The Morgan fingerprint density at radius 1 is 0.233 bits per heavy atom. The molecule has 86 heavy (non-hydrogen) atoms. The molecule has 11 aromatic carbocycles. The molecule has 2 atom stereocenters. The van der Waals surface area contributed by atoms with Crippen molar-refractivity contribution >= 4 is 0 Å². The monoisotopic (exact) mass is 1100 g/mol. The molecule has 0 amide bonds. The summed E-state index contributed by atoms with van der Waals surface area (Å²) in [6.07, 6.45) is 0. The molecule has 5 aliphatic carbocycles. The third kappa shape index (κ3) is 7.69. The Hall–Kier alpha value is -10.4. The standard InChI is InChI=1S/C82H58N4/c1-81(2)67-29-15-13-25-63(67)77-57(27-17-31-69(77)81)49-33-37-51(38-34-49)71-47-73(85-79(83-71)53-19-7-5-8-20-53)55-41-43-61-65(45-55)75-59-23-11-12-24-60(59)76(61)66-46-56(42-44-62(66)75)74-48-72(84-80(86-74)54-21-9-6-10-22-54)52-39-35-50(36-40-52)58-28-18-32-70-78(58)64-26-14-16-30-68(64)82(70,3)4/h5-48,75-76H,1-4H3. The lowest BCUT2D eigenvalue weighted by Gasteiger charge is -2.42. The molecule has 2 heterocycles. The van der Waals surface area contributed by atoms with E-state index in [0.29, 0.717) is 11.6 Å². The summed E-state index contributed by atoms with van der Waals surface area (Å²) in [5.74, 6) is 1.49. The van der Waals surface area contributed by atoms with Gasteiger partial charge in [0.1, 0.15) is 0 Å². The van der Waals surface area contributed by atoms with Crippen LogP contribution in [-0.2, 0) is 10.8 Å². The zero-order valence-corrected chi connectivity index (χ0v) is 48.3.